The topological polar surface area (TPSA) is 63.7 Å². The van der Waals surface area contributed by atoms with E-state index in [0.717, 1.165) is 25.7 Å². The Morgan fingerprint density at radius 2 is 1.50 bits per heavy atom. The maximum absolute atomic E-state index is 12.7. The quantitative estimate of drug-likeness (QED) is 0.558. The summed E-state index contributed by atoms with van der Waals surface area (Å²) in [5.74, 6) is -0.191. The number of hydrogen-bond donors (Lipinski definition) is 0. The monoisotopic (exact) mass is 397 g/mol. The second-order valence-electron chi connectivity index (χ2n) is 7.22. The molecular weight excluding hydrogens is 378 g/mol. The van der Waals surface area contributed by atoms with Crippen molar-refractivity contribution in [3.8, 4) is 5.75 Å². The lowest BCUT2D eigenvalue weighted by Gasteiger charge is -2.19. The number of hydrogen-bond acceptors (Lipinski definition) is 4. The van der Waals surface area contributed by atoms with Crippen LogP contribution in [0.25, 0.3) is 0 Å². The molecule has 0 N–H and O–H groups in total. The number of fused-ring (bicyclic) bond motifs is 1. The van der Waals surface area contributed by atoms with Crippen LogP contribution in [0.3, 0.4) is 0 Å². The number of carbonyl (C=O) groups is 3. The predicted octanol–water partition coefficient (Wildman–Crippen LogP) is 4.28. The van der Waals surface area contributed by atoms with Gasteiger partial charge in [-0.25, -0.2) is 0 Å². The van der Waals surface area contributed by atoms with Crippen LogP contribution >= 0.6 is 11.6 Å². The van der Waals surface area contributed by atoms with Crippen LogP contribution < -0.4 is 9.64 Å². The predicted molar refractivity (Wildman–Crippen MR) is 106 cm³/mol. The zero-order valence-electron chi connectivity index (χ0n) is 15.3. The van der Waals surface area contributed by atoms with Gasteiger partial charge in [-0.3, -0.25) is 19.3 Å². The number of anilines is 1. The molecule has 0 aromatic heterocycles. The van der Waals surface area contributed by atoms with Crippen molar-refractivity contribution in [3.05, 3.63) is 59.1 Å². The average Bonchev–Trinajstić information content (AvgIpc) is 2.98. The molecule has 1 saturated carbocycles. The molecule has 0 radical (unpaired) electrons. The van der Waals surface area contributed by atoms with E-state index >= 15 is 0 Å². The first-order chi connectivity index (χ1) is 13.5. The van der Waals surface area contributed by atoms with Crippen LogP contribution in [0.4, 0.5) is 5.69 Å². The average molecular weight is 398 g/mol. The molecule has 1 saturated heterocycles. The van der Waals surface area contributed by atoms with Crippen LogP contribution in [0.1, 0.15) is 36.0 Å². The van der Waals surface area contributed by atoms with Gasteiger partial charge in [-0.05, 0) is 61.4 Å². The highest BCUT2D eigenvalue weighted by Crippen LogP contribution is 2.40. The summed E-state index contributed by atoms with van der Waals surface area (Å²) in [5.41, 5.74) is 1.08. The summed E-state index contributed by atoms with van der Waals surface area (Å²) < 4.78 is 5.55. The molecule has 5 nitrogen and oxygen atoms in total. The molecule has 6 heteroatoms. The van der Waals surface area contributed by atoms with E-state index in [4.69, 9.17) is 16.3 Å². The van der Waals surface area contributed by atoms with Crippen molar-refractivity contribution in [3.63, 3.8) is 0 Å². The van der Waals surface area contributed by atoms with Crippen molar-refractivity contribution in [2.45, 2.75) is 25.7 Å². The lowest BCUT2D eigenvalue weighted by Crippen LogP contribution is -2.30. The molecule has 0 spiro atoms. The summed E-state index contributed by atoms with van der Waals surface area (Å²) in [6.07, 6.45) is 3.59. The highest BCUT2D eigenvalue weighted by atomic mass is 35.5. The number of benzene rings is 2. The fourth-order valence-corrected chi connectivity index (χ4v) is 4.10. The van der Waals surface area contributed by atoms with Gasteiger partial charge in [0.25, 0.3) is 0 Å². The van der Waals surface area contributed by atoms with E-state index in [1.165, 1.54) is 4.90 Å². The van der Waals surface area contributed by atoms with Crippen LogP contribution in [0, 0.1) is 11.8 Å². The summed E-state index contributed by atoms with van der Waals surface area (Å²) in [5, 5.41) is 0.568. The van der Waals surface area contributed by atoms with Crippen molar-refractivity contribution in [2.75, 3.05) is 11.5 Å². The zero-order chi connectivity index (χ0) is 19.7. The standard InChI is InChI=1S/C22H20ClNO4/c23-15-7-5-14(6-8-15)20(25)13-28-17-11-9-16(10-12-17)24-21(26)18-3-1-2-4-19(18)22(24)27/h5-12,18-19H,1-4,13H2/t18-,19+. The first kappa shape index (κ1) is 18.7. The van der Waals surface area contributed by atoms with Gasteiger partial charge in [-0.2, -0.15) is 0 Å². The third-order valence-corrected chi connectivity index (χ3v) is 5.72. The summed E-state index contributed by atoms with van der Waals surface area (Å²) in [7, 11) is 0. The Bertz CT molecular complexity index is 883. The zero-order valence-corrected chi connectivity index (χ0v) is 16.0. The number of amides is 2. The fraction of sp³-hybridized carbons (Fsp3) is 0.318. The molecule has 0 bridgehead atoms. The van der Waals surface area contributed by atoms with E-state index in [9.17, 15) is 14.4 Å². The number of carbonyl (C=O) groups excluding carboxylic acids is 3. The highest BCUT2D eigenvalue weighted by molar-refractivity contribution is 6.30. The molecule has 2 atom stereocenters. The molecule has 28 heavy (non-hydrogen) atoms. The number of ketones is 1. The van der Waals surface area contributed by atoms with E-state index in [0.29, 0.717) is 22.0 Å². The molecule has 2 aromatic carbocycles. The molecule has 2 fully saturated rings. The lowest BCUT2D eigenvalue weighted by molar-refractivity contribution is -0.122. The smallest absolute Gasteiger partial charge is 0.237 e. The van der Waals surface area contributed by atoms with Crippen molar-refractivity contribution < 1.29 is 19.1 Å². The normalized spacial score (nSPS) is 21.5. The fourth-order valence-electron chi connectivity index (χ4n) is 3.98. The minimum atomic E-state index is -0.172. The Balaban J connectivity index is 1.41. The van der Waals surface area contributed by atoms with E-state index in [1.807, 2.05) is 0 Å². The van der Waals surface area contributed by atoms with Crippen LogP contribution in [0.5, 0.6) is 5.75 Å². The molecule has 1 aliphatic heterocycles. The van der Waals surface area contributed by atoms with Crippen molar-refractivity contribution in [2.24, 2.45) is 11.8 Å². The third kappa shape index (κ3) is 3.54. The largest absolute Gasteiger partial charge is 0.485 e. The Kier molecular flexibility index (Phi) is 5.18. The Morgan fingerprint density at radius 3 is 2.07 bits per heavy atom. The van der Waals surface area contributed by atoms with Crippen LogP contribution in [0.2, 0.25) is 5.02 Å². The maximum Gasteiger partial charge on any atom is 0.237 e. The minimum absolute atomic E-state index is 0.0960. The van der Waals surface area contributed by atoms with Crippen LogP contribution in [-0.4, -0.2) is 24.2 Å². The van der Waals surface area contributed by atoms with E-state index < -0.39 is 0 Å². The van der Waals surface area contributed by atoms with Crippen LogP contribution in [-0.2, 0) is 9.59 Å². The molecule has 1 heterocycles. The van der Waals surface area contributed by atoms with Gasteiger partial charge in [0.1, 0.15) is 5.75 Å². The van der Waals surface area contributed by atoms with Crippen molar-refractivity contribution in [1.82, 2.24) is 0 Å². The van der Waals surface area contributed by atoms with Crippen LogP contribution in [0.15, 0.2) is 48.5 Å². The van der Waals surface area contributed by atoms with E-state index in [-0.39, 0.29) is 36.0 Å². The SMILES string of the molecule is O=C(COc1ccc(N2C(=O)[C@H]3CCCC[C@H]3C2=O)cc1)c1ccc(Cl)cc1. The summed E-state index contributed by atoms with van der Waals surface area (Å²) in [6, 6.07) is 13.4. The van der Waals surface area contributed by atoms with Crippen molar-refractivity contribution in [1.29, 1.82) is 0 Å². The van der Waals surface area contributed by atoms with Crippen molar-refractivity contribution >= 4 is 34.9 Å². The number of ether oxygens (including phenoxy) is 1. The number of nitrogens with zero attached hydrogens (tertiary/aromatic N) is 1. The second kappa shape index (κ2) is 7.76. The number of Topliss-reactive ketones (excluding diaryl/α,β-unsaturated/α-hetero) is 1. The Labute approximate surface area is 168 Å². The molecule has 1 aliphatic carbocycles. The van der Waals surface area contributed by atoms with Gasteiger partial charge < -0.3 is 4.74 Å². The second-order valence-corrected chi connectivity index (χ2v) is 7.66. The highest BCUT2D eigenvalue weighted by Gasteiger charge is 2.48. The van der Waals surface area contributed by atoms with Gasteiger partial charge in [-0.1, -0.05) is 24.4 Å². The first-order valence-corrected chi connectivity index (χ1v) is 9.82. The Morgan fingerprint density at radius 1 is 0.929 bits per heavy atom. The minimum Gasteiger partial charge on any atom is -0.485 e. The first-order valence-electron chi connectivity index (χ1n) is 9.44. The molecule has 0 unspecified atom stereocenters. The van der Waals surface area contributed by atoms with Gasteiger partial charge >= 0.3 is 0 Å². The summed E-state index contributed by atoms with van der Waals surface area (Å²) in [4.78, 5) is 38.8. The molecule has 2 aliphatic rings. The molecular formula is C22H20ClNO4. The van der Waals surface area contributed by atoms with Gasteiger partial charge in [-0.15, -0.1) is 0 Å². The molecule has 2 aromatic rings. The van der Waals surface area contributed by atoms with E-state index in [1.54, 1.807) is 48.5 Å². The number of halogens is 1. The molecule has 4 rings (SSSR count). The molecule has 144 valence electrons. The van der Waals surface area contributed by atoms with Gasteiger partial charge in [0.15, 0.2) is 12.4 Å². The number of rotatable bonds is 5. The Hall–Kier alpha value is -2.66. The number of imide groups is 1. The van der Waals surface area contributed by atoms with E-state index in [2.05, 4.69) is 0 Å². The maximum atomic E-state index is 12.7. The lowest BCUT2D eigenvalue weighted by atomic mass is 9.81. The van der Waals surface area contributed by atoms with Gasteiger partial charge in [0, 0.05) is 10.6 Å². The summed E-state index contributed by atoms with van der Waals surface area (Å²) in [6.45, 7) is -0.104. The third-order valence-electron chi connectivity index (χ3n) is 5.47. The van der Waals surface area contributed by atoms with Gasteiger partial charge in [0.05, 0.1) is 17.5 Å². The van der Waals surface area contributed by atoms with Gasteiger partial charge in [0.2, 0.25) is 11.8 Å². The molecule has 2 amide bonds. The summed E-state index contributed by atoms with van der Waals surface area (Å²) >= 11 is 5.82.